The van der Waals surface area contributed by atoms with E-state index in [0.29, 0.717) is 22.1 Å². The highest BCUT2D eigenvalue weighted by molar-refractivity contribution is 7.17. The number of nitrogens with one attached hydrogen (secondary N) is 1. The predicted octanol–water partition coefficient (Wildman–Crippen LogP) is 5.00. The Bertz CT molecular complexity index is 1150. The maximum absolute atomic E-state index is 13.2. The lowest BCUT2D eigenvalue weighted by Crippen LogP contribution is -2.44. The lowest BCUT2D eigenvalue weighted by molar-refractivity contribution is -0.0704. The summed E-state index contributed by atoms with van der Waals surface area (Å²) in [7, 11) is 3.20. The summed E-state index contributed by atoms with van der Waals surface area (Å²) >= 11 is 1.37. The molecular weight excluding hydrogens is 450 g/mol. The Morgan fingerprint density at radius 1 is 1.12 bits per heavy atom. The second kappa shape index (κ2) is 10.5. The van der Waals surface area contributed by atoms with Crippen LogP contribution in [-0.2, 0) is 11.3 Å². The lowest BCUT2D eigenvalue weighted by Gasteiger charge is -2.35. The topological polar surface area (TPSA) is 72.9 Å². The number of thiazole rings is 1. The zero-order chi connectivity index (χ0) is 24.2. The molecule has 8 heteroatoms. The van der Waals surface area contributed by atoms with Gasteiger partial charge in [-0.2, -0.15) is 0 Å². The van der Waals surface area contributed by atoms with Gasteiger partial charge in [0.25, 0.3) is 5.91 Å². The van der Waals surface area contributed by atoms with E-state index in [1.807, 2.05) is 43.3 Å². The van der Waals surface area contributed by atoms with Gasteiger partial charge < -0.3 is 19.5 Å². The highest BCUT2D eigenvalue weighted by Gasteiger charge is 2.23. The predicted molar refractivity (Wildman–Crippen MR) is 135 cm³/mol. The van der Waals surface area contributed by atoms with Crippen molar-refractivity contribution in [3.05, 3.63) is 58.6 Å². The zero-order valence-corrected chi connectivity index (χ0v) is 21.1. The van der Waals surface area contributed by atoms with Gasteiger partial charge in [0.2, 0.25) is 0 Å². The lowest BCUT2D eigenvalue weighted by atomic mass is 10.1. The second-order valence-corrected chi connectivity index (χ2v) is 9.57. The molecule has 0 radical (unpaired) electrons. The third kappa shape index (κ3) is 5.41. The minimum absolute atomic E-state index is 0.155. The van der Waals surface area contributed by atoms with Gasteiger partial charge in [0.15, 0.2) is 11.5 Å². The maximum atomic E-state index is 13.2. The van der Waals surface area contributed by atoms with Crippen LogP contribution in [0.1, 0.15) is 34.8 Å². The quantitative estimate of drug-likeness (QED) is 0.512. The Morgan fingerprint density at radius 3 is 2.53 bits per heavy atom. The fraction of sp³-hybridized carbons (Fsp3) is 0.385. The highest BCUT2D eigenvalue weighted by atomic mass is 32.1. The summed E-state index contributed by atoms with van der Waals surface area (Å²) < 4.78 is 16.6. The number of rotatable bonds is 7. The number of para-hydroxylation sites is 1. The molecule has 2 unspecified atom stereocenters. The van der Waals surface area contributed by atoms with E-state index < -0.39 is 0 Å². The molecule has 2 aromatic carbocycles. The summed E-state index contributed by atoms with van der Waals surface area (Å²) in [5.41, 5.74) is 3.47. The number of anilines is 1. The molecule has 0 aliphatic carbocycles. The normalized spacial score (nSPS) is 18.5. The molecule has 0 bridgehead atoms. The minimum Gasteiger partial charge on any atom is -0.493 e. The summed E-state index contributed by atoms with van der Waals surface area (Å²) in [5, 5.41) is 3.87. The number of nitrogens with zero attached hydrogens (tertiary/aromatic N) is 2. The highest BCUT2D eigenvalue weighted by Crippen LogP contribution is 2.35. The molecule has 0 saturated carbocycles. The first kappa shape index (κ1) is 24.2. The third-order valence-corrected chi connectivity index (χ3v) is 6.99. The fourth-order valence-electron chi connectivity index (χ4n) is 4.31. The average molecular weight is 482 g/mol. The molecule has 1 aliphatic rings. The second-order valence-electron chi connectivity index (χ2n) is 8.57. The Labute approximate surface area is 204 Å². The Kier molecular flexibility index (Phi) is 7.50. The van der Waals surface area contributed by atoms with Crippen molar-refractivity contribution in [2.75, 3.05) is 32.6 Å². The summed E-state index contributed by atoms with van der Waals surface area (Å²) in [4.78, 5) is 20.8. The number of carbonyl (C=O) groups is 1. The summed E-state index contributed by atoms with van der Waals surface area (Å²) in [6, 6.07) is 13.6. The number of aromatic nitrogens is 1. The first-order valence-electron chi connectivity index (χ1n) is 11.3. The Hall–Kier alpha value is -2.94. The van der Waals surface area contributed by atoms with E-state index in [0.717, 1.165) is 41.5 Å². The van der Waals surface area contributed by atoms with Crippen molar-refractivity contribution in [1.82, 2.24) is 9.88 Å². The van der Waals surface area contributed by atoms with E-state index in [2.05, 4.69) is 35.1 Å². The first-order valence-corrected chi connectivity index (χ1v) is 12.2. The number of carbonyl (C=O) groups excluding carboxylic acids is 1. The number of aryl methyl sites for hydroxylation is 1. The van der Waals surface area contributed by atoms with Crippen LogP contribution in [0.25, 0.3) is 10.6 Å². The monoisotopic (exact) mass is 481 g/mol. The number of hydrogen-bond donors (Lipinski definition) is 1. The molecule has 7 nitrogen and oxygen atoms in total. The molecular formula is C26H31N3O4S. The number of benzene rings is 2. The van der Waals surface area contributed by atoms with Crippen LogP contribution in [0, 0.1) is 6.92 Å². The molecule has 1 aromatic heterocycles. The van der Waals surface area contributed by atoms with Gasteiger partial charge in [-0.1, -0.05) is 18.2 Å². The number of methoxy groups -OCH3 is 2. The molecule has 1 N–H and O–H groups in total. The van der Waals surface area contributed by atoms with Crippen LogP contribution in [0.15, 0.2) is 42.5 Å². The van der Waals surface area contributed by atoms with Crippen molar-refractivity contribution in [2.45, 2.75) is 39.5 Å². The molecule has 3 aromatic rings. The molecule has 2 heterocycles. The maximum Gasteiger partial charge on any atom is 0.267 e. The van der Waals surface area contributed by atoms with Crippen LogP contribution in [-0.4, -0.2) is 55.3 Å². The van der Waals surface area contributed by atoms with Crippen LogP contribution < -0.4 is 14.8 Å². The van der Waals surface area contributed by atoms with E-state index in [1.54, 1.807) is 14.2 Å². The molecule has 4 rings (SSSR count). The van der Waals surface area contributed by atoms with Crippen molar-refractivity contribution < 1.29 is 19.0 Å². The van der Waals surface area contributed by atoms with Crippen molar-refractivity contribution >= 4 is 22.9 Å². The van der Waals surface area contributed by atoms with Crippen LogP contribution >= 0.6 is 11.3 Å². The molecule has 1 fully saturated rings. The molecule has 1 aliphatic heterocycles. The van der Waals surface area contributed by atoms with Gasteiger partial charge in [-0.3, -0.25) is 9.69 Å². The molecule has 34 heavy (non-hydrogen) atoms. The number of ether oxygens (including phenoxy) is 3. The van der Waals surface area contributed by atoms with Crippen LogP contribution in [0.3, 0.4) is 0 Å². The zero-order valence-electron chi connectivity index (χ0n) is 20.3. The van der Waals surface area contributed by atoms with Gasteiger partial charge in [-0.15, -0.1) is 11.3 Å². The fourth-order valence-corrected chi connectivity index (χ4v) is 5.27. The summed E-state index contributed by atoms with van der Waals surface area (Å²) in [5.74, 6) is 1.12. The van der Waals surface area contributed by atoms with Crippen LogP contribution in [0.5, 0.6) is 11.5 Å². The van der Waals surface area contributed by atoms with Gasteiger partial charge in [0.1, 0.15) is 9.88 Å². The van der Waals surface area contributed by atoms with E-state index in [9.17, 15) is 4.79 Å². The standard InChI is InChI=1S/C26H31N3O4S/c1-16-13-29(14-17(2)33-16)15-20-8-6-7-9-21(20)28-25(30)24-18(3)27-26(34-24)19-10-11-22(31-4)23(12-19)32-5/h6-12,16-17H,13-15H2,1-5H3,(H,28,30). The number of amides is 1. The van der Waals surface area contributed by atoms with Crippen LogP contribution in [0.2, 0.25) is 0 Å². The van der Waals surface area contributed by atoms with E-state index >= 15 is 0 Å². The molecule has 0 spiro atoms. The largest absolute Gasteiger partial charge is 0.493 e. The first-order chi connectivity index (χ1) is 16.4. The summed E-state index contributed by atoms with van der Waals surface area (Å²) in [6.45, 7) is 8.55. The molecule has 1 amide bonds. The summed E-state index contributed by atoms with van der Waals surface area (Å²) in [6.07, 6.45) is 0.390. The van der Waals surface area contributed by atoms with Gasteiger partial charge in [0.05, 0.1) is 32.1 Å². The SMILES string of the molecule is COc1ccc(-c2nc(C)c(C(=O)Nc3ccccc3CN3CC(C)OC(C)C3)s2)cc1OC. The Balaban J connectivity index is 1.53. The third-order valence-electron chi connectivity index (χ3n) is 5.79. The number of morpholine rings is 1. The molecule has 180 valence electrons. The van der Waals surface area contributed by atoms with Crippen molar-refractivity contribution in [2.24, 2.45) is 0 Å². The smallest absolute Gasteiger partial charge is 0.267 e. The van der Waals surface area contributed by atoms with E-state index in [-0.39, 0.29) is 18.1 Å². The van der Waals surface area contributed by atoms with Gasteiger partial charge in [-0.05, 0) is 50.6 Å². The van der Waals surface area contributed by atoms with Crippen molar-refractivity contribution in [1.29, 1.82) is 0 Å². The van der Waals surface area contributed by atoms with Gasteiger partial charge >= 0.3 is 0 Å². The van der Waals surface area contributed by atoms with Gasteiger partial charge in [-0.25, -0.2) is 4.98 Å². The molecule has 2 atom stereocenters. The Morgan fingerprint density at radius 2 is 1.82 bits per heavy atom. The number of hydrogen-bond acceptors (Lipinski definition) is 7. The van der Waals surface area contributed by atoms with E-state index in [4.69, 9.17) is 14.2 Å². The van der Waals surface area contributed by atoms with Crippen molar-refractivity contribution in [3.8, 4) is 22.1 Å². The minimum atomic E-state index is -0.155. The van der Waals surface area contributed by atoms with Crippen LogP contribution in [0.4, 0.5) is 5.69 Å². The average Bonchev–Trinajstić information content (AvgIpc) is 3.21. The van der Waals surface area contributed by atoms with E-state index in [1.165, 1.54) is 11.3 Å². The van der Waals surface area contributed by atoms with Crippen molar-refractivity contribution in [3.63, 3.8) is 0 Å². The molecule has 1 saturated heterocycles. The van der Waals surface area contributed by atoms with Gasteiger partial charge in [0, 0.05) is 30.9 Å².